The summed E-state index contributed by atoms with van der Waals surface area (Å²) in [5, 5.41) is 21.5. The van der Waals surface area contributed by atoms with E-state index in [9.17, 15) is 24.6 Å². The highest BCUT2D eigenvalue weighted by atomic mass is 16.4. The summed E-state index contributed by atoms with van der Waals surface area (Å²) in [4.78, 5) is 39.2. The maximum absolute atomic E-state index is 13.5. The van der Waals surface area contributed by atoms with Crippen LogP contribution in [0.15, 0.2) is 11.6 Å². The van der Waals surface area contributed by atoms with Crippen molar-refractivity contribution in [3.05, 3.63) is 11.6 Å². The Morgan fingerprint density at radius 2 is 1.51 bits per heavy atom. The molecule has 5 rings (SSSR count). The van der Waals surface area contributed by atoms with Crippen LogP contribution in [0.5, 0.6) is 0 Å². The third kappa shape index (κ3) is 2.90. The number of fused-ring (bicyclic) bond motifs is 7. The average Bonchev–Trinajstić information content (AvgIpc) is 2.75. The minimum Gasteiger partial charge on any atom is -0.481 e. The number of hydrogen-bond donors (Lipinski definition) is 2. The van der Waals surface area contributed by atoms with E-state index in [1.165, 1.54) is 0 Å². The fourth-order valence-corrected chi connectivity index (χ4v) is 10.6. The number of allylic oxidation sites excluding steroid dienone is 1. The molecule has 5 aliphatic rings. The van der Waals surface area contributed by atoms with E-state index in [4.69, 9.17) is 0 Å². The molecule has 0 amide bonds. The molecule has 5 aliphatic carbocycles. The zero-order valence-electron chi connectivity index (χ0n) is 22.5. The molecule has 5 nitrogen and oxygen atoms in total. The van der Waals surface area contributed by atoms with Gasteiger partial charge in [0, 0.05) is 11.8 Å². The van der Waals surface area contributed by atoms with Gasteiger partial charge in [-0.05, 0) is 91.8 Å². The number of aliphatic carboxylic acids is 2. The van der Waals surface area contributed by atoms with Gasteiger partial charge in [-0.2, -0.15) is 0 Å². The highest BCUT2D eigenvalue weighted by molar-refractivity contribution is 5.86. The molecule has 0 aromatic rings. The zero-order chi connectivity index (χ0) is 25.8. The first-order chi connectivity index (χ1) is 16.1. The predicted octanol–water partition coefficient (Wildman–Crippen LogP) is 6.51. The van der Waals surface area contributed by atoms with Gasteiger partial charge in [0.1, 0.15) is 5.78 Å². The Hall–Kier alpha value is -1.65. The highest BCUT2D eigenvalue weighted by Gasteiger charge is 2.73. The SMILES string of the molecule is CC1(C)CC[C@]2(C(=O)O)CC[C@]3(C(=O)O)C(=CCC4[C@@]5(C)CCC(=O)C(C)(C)C5CC[C@]43C)C2C1. The van der Waals surface area contributed by atoms with Crippen LogP contribution in [-0.4, -0.2) is 27.9 Å². The van der Waals surface area contributed by atoms with Crippen LogP contribution in [0.1, 0.15) is 106 Å². The minimum absolute atomic E-state index is 0.00118. The monoisotopic (exact) mass is 484 g/mol. The van der Waals surface area contributed by atoms with Crippen LogP contribution in [0.3, 0.4) is 0 Å². The number of carbonyl (C=O) groups is 3. The van der Waals surface area contributed by atoms with Gasteiger partial charge in [0.25, 0.3) is 0 Å². The summed E-state index contributed by atoms with van der Waals surface area (Å²) in [5.41, 5.74) is -1.86. The fraction of sp³-hybridized carbons (Fsp3) is 0.833. The van der Waals surface area contributed by atoms with Crippen molar-refractivity contribution in [1.82, 2.24) is 0 Å². The van der Waals surface area contributed by atoms with Crippen LogP contribution in [0.25, 0.3) is 0 Å². The lowest BCUT2D eigenvalue weighted by molar-refractivity contribution is -0.204. The lowest BCUT2D eigenvalue weighted by Gasteiger charge is -2.69. The second-order valence-corrected chi connectivity index (χ2v) is 14.7. The van der Waals surface area contributed by atoms with Crippen molar-refractivity contribution in [3.63, 3.8) is 0 Å². The standard InChI is InChI=1S/C30H44O5/c1-25(2)13-14-29(23(32)33)15-16-30(24(34)35)18(19(29)17-25)7-8-21-27(5)11-10-22(31)26(3,4)20(27)9-12-28(21,30)6/h7,19-21H,8-17H2,1-6H3,(H,32,33)(H,34,35)/t19?,20?,21?,27-,28+,29-,30+/m0/s1. The van der Waals surface area contributed by atoms with Gasteiger partial charge in [0.2, 0.25) is 0 Å². The Bertz CT molecular complexity index is 1020. The Morgan fingerprint density at radius 1 is 0.857 bits per heavy atom. The normalized spacial score (nSPS) is 47.9. The summed E-state index contributed by atoms with van der Waals surface area (Å²) in [6.07, 6.45) is 9.13. The van der Waals surface area contributed by atoms with Crippen molar-refractivity contribution in [1.29, 1.82) is 0 Å². The van der Waals surface area contributed by atoms with Crippen LogP contribution in [0.2, 0.25) is 0 Å². The van der Waals surface area contributed by atoms with Crippen molar-refractivity contribution in [2.75, 3.05) is 0 Å². The molecule has 4 fully saturated rings. The smallest absolute Gasteiger partial charge is 0.314 e. The molecule has 0 aliphatic heterocycles. The first-order valence-electron chi connectivity index (χ1n) is 13.8. The third-order valence-electron chi connectivity index (χ3n) is 12.6. The zero-order valence-corrected chi connectivity index (χ0v) is 22.5. The van der Waals surface area contributed by atoms with Crippen LogP contribution < -0.4 is 0 Å². The Balaban J connectivity index is 1.67. The lowest BCUT2D eigenvalue weighted by atomic mass is 9.33. The van der Waals surface area contributed by atoms with Crippen molar-refractivity contribution in [2.24, 2.45) is 50.2 Å². The first kappa shape index (κ1) is 25.0. The maximum atomic E-state index is 13.5. The number of Topliss-reactive ketones (excluding diaryl/α,β-unsaturated/α-hetero) is 1. The van der Waals surface area contributed by atoms with Crippen molar-refractivity contribution >= 4 is 17.7 Å². The summed E-state index contributed by atoms with van der Waals surface area (Å²) in [7, 11) is 0. The van der Waals surface area contributed by atoms with Crippen LogP contribution >= 0.6 is 0 Å². The number of carboxylic acids is 2. The predicted molar refractivity (Wildman–Crippen MR) is 134 cm³/mol. The van der Waals surface area contributed by atoms with Gasteiger partial charge in [0.15, 0.2) is 0 Å². The number of carboxylic acid groups (broad SMARTS) is 2. The van der Waals surface area contributed by atoms with Gasteiger partial charge in [-0.3, -0.25) is 14.4 Å². The molecule has 0 bridgehead atoms. The minimum atomic E-state index is -1.02. The van der Waals surface area contributed by atoms with E-state index < -0.39 is 28.2 Å². The van der Waals surface area contributed by atoms with Crippen molar-refractivity contribution in [2.45, 2.75) is 106 Å². The largest absolute Gasteiger partial charge is 0.481 e. The molecule has 0 aromatic heterocycles. The molecule has 0 aromatic carbocycles. The van der Waals surface area contributed by atoms with Gasteiger partial charge < -0.3 is 10.2 Å². The molecule has 194 valence electrons. The van der Waals surface area contributed by atoms with Crippen molar-refractivity contribution in [3.8, 4) is 0 Å². The molecule has 5 heteroatoms. The number of rotatable bonds is 2. The molecule has 4 saturated carbocycles. The number of hydrogen-bond acceptors (Lipinski definition) is 3. The Labute approximate surface area is 210 Å². The van der Waals surface area contributed by atoms with E-state index >= 15 is 0 Å². The first-order valence-corrected chi connectivity index (χ1v) is 13.8. The summed E-state index contributed by atoms with van der Waals surface area (Å²) in [6.45, 7) is 13.2. The van der Waals surface area contributed by atoms with Crippen LogP contribution in [-0.2, 0) is 14.4 Å². The molecular weight excluding hydrogens is 440 g/mol. The molecule has 0 spiro atoms. The Morgan fingerprint density at radius 3 is 2.14 bits per heavy atom. The quantitative estimate of drug-likeness (QED) is 0.436. The molecule has 0 saturated heterocycles. The van der Waals surface area contributed by atoms with Crippen molar-refractivity contribution < 1.29 is 24.6 Å². The second kappa shape index (κ2) is 7.22. The molecule has 35 heavy (non-hydrogen) atoms. The Kier molecular flexibility index (Phi) is 5.16. The van der Waals surface area contributed by atoms with Gasteiger partial charge >= 0.3 is 11.9 Å². The maximum Gasteiger partial charge on any atom is 0.314 e. The highest BCUT2D eigenvalue weighted by Crippen LogP contribution is 2.75. The molecule has 0 heterocycles. The van der Waals surface area contributed by atoms with Crippen LogP contribution in [0.4, 0.5) is 0 Å². The summed E-state index contributed by atoms with van der Waals surface area (Å²) < 4.78 is 0. The van der Waals surface area contributed by atoms with E-state index in [-0.39, 0.29) is 34.0 Å². The van der Waals surface area contributed by atoms with E-state index in [2.05, 4.69) is 47.6 Å². The van der Waals surface area contributed by atoms with E-state index in [1.54, 1.807) is 0 Å². The van der Waals surface area contributed by atoms with Crippen LogP contribution in [0, 0.1) is 50.2 Å². The molecule has 3 unspecified atom stereocenters. The summed E-state index contributed by atoms with van der Waals surface area (Å²) in [6, 6.07) is 0. The number of carbonyl (C=O) groups excluding carboxylic acids is 1. The van der Waals surface area contributed by atoms with Gasteiger partial charge in [0.05, 0.1) is 10.8 Å². The third-order valence-corrected chi connectivity index (χ3v) is 12.6. The van der Waals surface area contributed by atoms with Gasteiger partial charge in [-0.25, -0.2) is 0 Å². The topological polar surface area (TPSA) is 91.7 Å². The fourth-order valence-electron chi connectivity index (χ4n) is 10.6. The average molecular weight is 485 g/mol. The van der Waals surface area contributed by atoms with Gasteiger partial charge in [-0.1, -0.05) is 53.2 Å². The molecule has 0 radical (unpaired) electrons. The summed E-state index contributed by atoms with van der Waals surface area (Å²) >= 11 is 0. The summed E-state index contributed by atoms with van der Waals surface area (Å²) in [5.74, 6) is -0.946. The van der Waals surface area contributed by atoms with E-state index in [0.717, 1.165) is 44.1 Å². The molecule has 2 N–H and O–H groups in total. The van der Waals surface area contributed by atoms with E-state index in [0.29, 0.717) is 31.5 Å². The molecular formula is C30H44O5. The van der Waals surface area contributed by atoms with Gasteiger partial charge in [-0.15, -0.1) is 0 Å². The second-order valence-electron chi connectivity index (χ2n) is 14.7. The lowest BCUT2D eigenvalue weighted by Crippen LogP contribution is -2.67. The number of ketones is 1. The molecule has 7 atom stereocenters. The van der Waals surface area contributed by atoms with E-state index in [1.807, 2.05) is 0 Å².